The normalized spacial score (nSPS) is 21.6. The molecular formula is C23H41IN4O2S. The van der Waals surface area contributed by atoms with Crippen molar-refractivity contribution in [3.63, 3.8) is 0 Å². The van der Waals surface area contributed by atoms with Gasteiger partial charge in [0, 0.05) is 37.1 Å². The zero-order chi connectivity index (χ0) is 21.0. The summed E-state index contributed by atoms with van der Waals surface area (Å²) in [4.78, 5) is 9.00. The Labute approximate surface area is 209 Å². The Morgan fingerprint density at radius 3 is 2.84 bits per heavy atom. The summed E-state index contributed by atoms with van der Waals surface area (Å²) >= 11 is 1.85. The molecule has 3 heterocycles. The fourth-order valence-electron chi connectivity index (χ4n) is 4.07. The van der Waals surface area contributed by atoms with E-state index in [9.17, 15) is 0 Å². The number of thiophene rings is 1. The van der Waals surface area contributed by atoms with Crippen LogP contribution in [0, 0.1) is 11.8 Å². The summed E-state index contributed by atoms with van der Waals surface area (Å²) in [5.41, 5.74) is 0. The molecule has 2 aliphatic heterocycles. The van der Waals surface area contributed by atoms with Gasteiger partial charge in [-0.05, 0) is 63.1 Å². The van der Waals surface area contributed by atoms with Crippen LogP contribution in [0.5, 0.6) is 0 Å². The van der Waals surface area contributed by atoms with Gasteiger partial charge < -0.3 is 20.1 Å². The molecule has 2 saturated heterocycles. The second-order valence-electron chi connectivity index (χ2n) is 8.55. The van der Waals surface area contributed by atoms with E-state index >= 15 is 0 Å². The van der Waals surface area contributed by atoms with Gasteiger partial charge in [-0.1, -0.05) is 13.0 Å². The van der Waals surface area contributed by atoms with Crippen LogP contribution in [-0.2, 0) is 9.47 Å². The van der Waals surface area contributed by atoms with Gasteiger partial charge in [0.1, 0.15) is 0 Å². The maximum absolute atomic E-state index is 5.81. The Hall–Kier alpha value is -0.420. The van der Waals surface area contributed by atoms with Crippen LogP contribution < -0.4 is 10.6 Å². The summed E-state index contributed by atoms with van der Waals surface area (Å²) in [7, 11) is 0. The van der Waals surface area contributed by atoms with E-state index in [1.807, 2.05) is 11.3 Å². The summed E-state index contributed by atoms with van der Waals surface area (Å²) in [6.45, 7) is 12.7. The van der Waals surface area contributed by atoms with Gasteiger partial charge in [-0.15, -0.1) is 35.3 Å². The fourth-order valence-corrected chi connectivity index (χ4v) is 4.92. The smallest absolute Gasteiger partial charge is 0.191 e. The summed E-state index contributed by atoms with van der Waals surface area (Å²) in [5, 5.41) is 9.05. The third kappa shape index (κ3) is 9.53. The molecule has 0 radical (unpaired) electrons. The van der Waals surface area contributed by atoms with Crippen molar-refractivity contribution in [2.45, 2.75) is 45.6 Å². The molecule has 31 heavy (non-hydrogen) atoms. The van der Waals surface area contributed by atoms with E-state index in [0.717, 1.165) is 70.8 Å². The van der Waals surface area contributed by atoms with Crippen LogP contribution in [0.1, 0.15) is 50.4 Å². The number of aliphatic imine (C=N–C) groups is 1. The molecule has 0 spiro atoms. The largest absolute Gasteiger partial charge is 0.381 e. The van der Waals surface area contributed by atoms with E-state index in [2.05, 4.69) is 46.9 Å². The van der Waals surface area contributed by atoms with Crippen molar-refractivity contribution in [2.75, 3.05) is 59.2 Å². The van der Waals surface area contributed by atoms with Gasteiger partial charge in [0.2, 0.25) is 0 Å². The van der Waals surface area contributed by atoms with Gasteiger partial charge in [0.15, 0.2) is 5.96 Å². The average molecular weight is 565 g/mol. The minimum absolute atomic E-state index is 0. The number of likely N-dealkylation sites (tertiary alicyclic amines) is 1. The molecule has 1 aromatic heterocycles. The molecular weight excluding hydrogens is 523 g/mol. The van der Waals surface area contributed by atoms with Crippen molar-refractivity contribution in [2.24, 2.45) is 16.8 Å². The first kappa shape index (κ1) is 26.8. The van der Waals surface area contributed by atoms with Gasteiger partial charge >= 0.3 is 0 Å². The van der Waals surface area contributed by atoms with E-state index in [1.165, 1.54) is 30.8 Å². The van der Waals surface area contributed by atoms with Crippen LogP contribution in [-0.4, -0.2) is 70.0 Å². The molecule has 6 nitrogen and oxygen atoms in total. The number of nitrogens with zero attached hydrogens (tertiary/aromatic N) is 2. The average Bonchev–Trinajstić information content (AvgIpc) is 3.46. The maximum Gasteiger partial charge on any atom is 0.191 e. The van der Waals surface area contributed by atoms with Crippen LogP contribution in [0.15, 0.2) is 22.5 Å². The third-order valence-corrected chi connectivity index (χ3v) is 7.01. The lowest BCUT2D eigenvalue weighted by molar-refractivity contribution is 0.0888. The zero-order valence-corrected chi connectivity index (χ0v) is 22.3. The Bertz CT molecular complexity index is 603. The van der Waals surface area contributed by atoms with Crippen LogP contribution in [0.25, 0.3) is 0 Å². The van der Waals surface area contributed by atoms with Crippen molar-refractivity contribution in [3.8, 4) is 0 Å². The highest BCUT2D eigenvalue weighted by molar-refractivity contribution is 14.0. The number of halogens is 1. The Balaban J connectivity index is 0.00000341. The first-order valence-corrected chi connectivity index (χ1v) is 12.6. The van der Waals surface area contributed by atoms with E-state index in [4.69, 9.17) is 14.5 Å². The molecule has 2 atom stereocenters. The monoisotopic (exact) mass is 564 g/mol. The Morgan fingerprint density at radius 2 is 2.16 bits per heavy atom. The summed E-state index contributed by atoms with van der Waals surface area (Å²) in [6.07, 6.45) is 4.70. The second-order valence-corrected chi connectivity index (χ2v) is 9.53. The number of hydrogen-bond acceptors (Lipinski definition) is 5. The molecule has 2 N–H and O–H groups in total. The molecule has 0 amide bonds. The minimum Gasteiger partial charge on any atom is -0.381 e. The molecule has 2 fully saturated rings. The third-order valence-electron chi connectivity index (χ3n) is 6.03. The van der Waals surface area contributed by atoms with Gasteiger partial charge in [0.05, 0.1) is 25.8 Å². The highest BCUT2D eigenvalue weighted by atomic mass is 127. The van der Waals surface area contributed by atoms with Gasteiger partial charge in [-0.3, -0.25) is 9.89 Å². The zero-order valence-electron chi connectivity index (χ0n) is 19.2. The molecule has 2 unspecified atom stereocenters. The first-order chi connectivity index (χ1) is 14.8. The highest BCUT2D eigenvalue weighted by Crippen LogP contribution is 2.29. The molecule has 0 saturated carbocycles. The van der Waals surface area contributed by atoms with Crippen LogP contribution in [0.4, 0.5) is 0 Å². The summed E-state index contributed by atoms with van der Waals surface area (Å²) < 4.78 is 11.2. The van der Waals surface area contributed by atoms with Gasteiger partial charge in [-0.25, -0.2) is 0 Å². The molecule has 8 heteroatoms. The van der Waals surface area contributed by atoms with E-state index in [-0.39, 0.29) is 24.0 Å². The number of guanidine groups is 1. The first-order valence-electron chi connectivity index (χ1n) is 11.7. The molecule has 0 bridgehead atoms. The summed E-state index contributed by atoms with van der Waals surface area (Å²) in [5.74, 6) is 2.34. The Kier molecular flexibility index (Phi) is 13.3. The summed E-state index contributed by atoms with van der Waals surface area (Å²) in [6, 6.07) is 4.80. The van der Waals surface area contributed by atoms with Crippen molar-refractivity contribution < 1.29 is 9.47 Å². The van der Waals surface area contributed by atoms with Crippen molar-refractivity contribution in [3.05, 3.63) is 22.4 Å². The van der Waals surface area contributed by atoms with E-state index in [1.54, 1.807) is 0 Å². The molecule has 178 valence electrons. The molecule has 1 aromatic rings. The predicted octanol–water partition coefficient (Wildman–Crippen LogP) is 4.14. The topological polar surface area (TPSA) is 58.1 Å². The number of rotatable bonds is 11. The van der Waals surface area contributed by atoms with Gasteiger partial charge in [0.25, 0.3) is 0 Å². The quantitative estimate of drug-likeness (QED) is 0.183. The number of hydrogen-bond donors (Lipinski definition) is 2. The van der Waals surface area contributed by atoms with Crippen LogP contribution in [0.3, 0.4) is 0 Å². The lowest BCUT2D eigenvalue weighted by atomic mass is 9.97. The van der Waals surface area contributed by atoms with Crippen molar-refractivity contribution >= 4 is 41.3 Å². The lowest BCUT2D eigenvalue weighted by Crippen LogP contribution is -2.40. The van der Waals surface area contributed by atoms with Crippen molar-refractivity contribution in [1.82, 2.24) is 15.5 Å². The number of nitrogens with one attached hydrogen (secondary N) is 2. The maximum atomic E-state index is 5.81. The molecule has 0 aliphatic carbocycles. The van der Waals surface area contributed by atoms with Crippen LogP contribution >= 0.6 is 35.3 Å². The SMILES string of the molecule is CCNC(=NCC(c1cccs1)N1CCC(C)CC1)NCCCOCC1CCOC1.I. The van der Waals surface area contributed by atoms with Crippen LogP contribution in [0.2, 0.25) is 0 Å². The lowest BCUT2D eigenvalue weighted by Gasteiger charge is -2.35. The van der Waals surface area contributed by atoms with Crippen molar-refractivity contribution in [1.29, 1.82) is 0 Å². The number of ether oxygens (including phenoxy) is 2. The molecule has 2 aliphatic rings. The molecule has 3 rings (SSSR count). The fraction of sp³-hybridized carbons (Fsp3) is 0.783. The van der Waals surface area contributed by atoms with E-state index in [0.29, 0.717) is 12.0 Å². The second kappa shape index (κ2) is 15.4. The highest BCUT2D eigenvalue weighted by Gasteiger charge is 2.25. The standard InChI is InChI=1S/C23H40N4O2S.HI/c1-3-24-23(25-10-5-13-28-17-20-9-14-29-18-20)26-16-21(22-6-4-15-30-22)27-11-7-19(2)8-12-27;/h4,6,15,19-21H,3,5,7-14,16-18H2,1-2H3,(H2,24,25,26);1H. The predicted molar refractivity (Wildman–Crippen MR) is 141 cm³/mol. The van der Waals surface area contributed by atoms with Gasteiger partial charge in [-0.2, -0.15) is 0 Å². The Morgan fingerprint density at radius 1 is 1.32 bits per heavy atom. The number of piperidine rings is 1. The molecule has 0 aromatic carbocycles. The minimum atomic E-state index is 0. The van der Waals surface area contributed by atoms with E-state index < -0.39 is 0 Å².